The fourth-order valence-corrected chi connectivity index (χ4v) is 2.94. The van der Waals surface area contributed by atoms with E-state index in [2.05, 4.69) is 0 Å². The summed E-state index contributed by atoms with van der Waals surface area (Å²) in [5.74, 6) is -0.220. The summed E-state index contributed by atoms with van der Waals surface area (Å²) in [7, 11) is 1.99. The van der Waals surface area contributed by atoms with E-state index in [9.17, 15) is 9.90 Å². The Kier molecular flexibility index (Phi) is 3.01. The van der Waals surface area contributed by atoms with Gasteiger partial charge in [0.2, 0.25) is 0 Å². The zero-order chi connectivity index (χ0) is 16.0. The molecule has 2 heterocycles. The third kappa shape index (κ3) is 2.21. The maximum atomic E-state index is 11.5. The zero-order valence-corrected chi connectivity index (χ0v) is 12.6. The summed E-state index contributed by atoms with van der Waals surface area (Å²) in [6.45, 7) is 0.788. The number of carboxylic acids is 1. The Morgan fingerprint density at radius 3 is 2.74 bits per heavy atom. The summed E-state index contributed by atoms with van der Waals surface area (Å²) in [5.41, 5.74) is 3.01. The van der Waals surface area contributed by atoms with Crippen molar-refractivity contribution in [3.05, 3.63) is 48.2 Å². The van der Waals surface area contributed by atoms with Gasteiger partial charge in [-0.1, -0.05) is 6.07 Å². The molecule has 5 heteroatoms. The van der Waals surface area contributed by atoms with Crippen molar-refractivity contribution in [1.82, 2.24) is 4.57 Å². The van der Waals surface area contributed by atoms with E-state index in [1.54, 1.807) is 6.07 Å². The van der Waals surface area contributed by atoms with Gasteiger partial charge >= 0.3 is 5.97 Å². The van der Waals surface area contributed by atoms with Crippen LogP contribution in [0.25, 0.3) is 22.0 Å². The molecule has 1 aliphatic heterocycles. The molecule has 4 rings (SSSR count). The maximum Gasteiger partial charge on any atom is 0.339 e. The van der Waals surface area contributed by atoms with Crippen LogP contribution < -0.4 is 9.47 Å². The Bertz CT molecular complexity index is 926. The van der Waals surface area contributed by atoms with Crippen LogP contribution in [0.2, 0.25) is 0 Å². The molecule has 2 aromatic carbocycles. The number of aryl methyl sites for hydroxylation is 1. The van der Waals surface area contributed by atoms with Gasteiger partial charge < -0.3 is 19.1 Å². The van der Waals surface area contributed by atoms with E-state index >= 15 is 0 Å². The zero-order valence-electron chi connectivity index (χ0n) is 12.6. The molecule has 0 radical (unpaired) electrons. The monoisotopic (exact) mass is 309 g/mol. The first-order valence-electron chi connectivity index (χ1n) is 7.36. The molecule has 0 aliphatic carbocycles. The average molecular weight is 309 g/mol. The number of hydrogen-bond acceptors (Lipinski definition) is 3. The number of benzene rings is 2. The first-order chi connectivity index (χ1) is 11.1. The van der Waals surface area contributed by atoms with E-state index in [1.165, 1.54) is 0 Å². The lowest BCUT2D eigenvalue weighted by atomic mass is 10.00. The third-order valence-electron chi connectivity index (χ3n) is 4.09. The van der Waals surface area contributed by atoms with E-state index in [0.717, 1.165) is 22.0 Å². The maximum absolute atomic E-state index is 11.5. The lowest BCUT2D eigenvalue weighted by Gasteiger charge is -2.21. The molecule has 1 aromatic heterocycles. The SMILES string of the molecule is Cn1ccc2cc(-c3cc4c(c(C(=O)O)c3)OCCO4)ccc21. The number of hydrogen-bond donors (Lipinski definition) is 1. The number of aromatic nitrogens is 1. The van der Waals surface area contributed by atoms with Crippen LogP contribution in [0, 0.1) is 0 Å². The number of fused-ring (bicyclic) bond motifs is 2. The Hall–Kier alpha value is -2.95. The van der Waals surface area contributed by atoms with Crippen LogP contribution in [0.1, 0.15) is 10.4 Å². The van der Waals surface area contributed by atoms with Crippen LogP contribution in [-0.4, -0.2) is 28.9 Å². The highest BCUT2D eigenvalue weighted by molar-refractivity contribution is 5.95. The van der Waals surface area contributed by atoms with Crippen molar-refractivity contribution in [2.24, 2.45) is 7.05 Å². The summed E-state index contributed by atoms with van der Waals surface area (Å²) in [5, 5.41) is 10.6. The number of ether oxygens (including phenoxy) is 2. The second-order valence-corrected chi connectivity index (χ2v) is 5.55. The Morgan fingerprint density at radius 2 is 1.91 bits per heavy atom. The van der Waals surface area contributed by atoms with E-state index in [1.807, 2.05) is 48.1 Å². The lowest BCUT2D eigenvalue weighted by Crippen LogP contribution is -2.18. The molecular formula is C18H15NO4. The molecule has 3 aromatic rings. The van der Waals surface area contributed by atoms with Gasteiger partial charge in [0.05, 0.1) is 0 Å². The van der Waals surface area contributed by atoms with E-state index < -0.39 is 5.97 Å². The molecule has 0 spiro atoms. The molecule has 0 saturated heterocycles. The normalized spacial score (nSPS) is 13.3. The van der Waals surface area contributed by atoms with Crippen molar-refractivity contribution >= 4 is 16.9 Å². The summed E-state index contributed by atoms with van der Waals surface area (Å²) in [4.78, 5) is 11.5. The van der Waals surface area contributed by atoms with Gasteiger partial charge in [-0.05, 0) is 41.5 Å². The fourth-order valence-electron chi connectivity index (χ4n) is 2.94. The van der Waals surface area contributed by atoms with Crippen LogP contribution in [0.15, 0.2) is 42.6 Å². The van der Waals surface area contributed by atoms with Crippen LogP contribution in [0.5, 0.6) is 11.5 Å². The summed E-state index contributed by atoms with van der Waals surface area (Å²) < 4.78 is 13.1. The molecule has 5 nitrogen and oxygen atoms in total. The number of nitrogens with zero attached hydrogens (tertiary/aromatic N) is 1. The topological polar surface area (TPSA) is 60.7 Å². The molecule has 1 aliphatic rings. The highest BCUT2D eigenvalue weighted by atomic mass is 16.6. The van der Waals surface area contributed by atoms with Gasteiger partial charge in [-0.25, -0.2) is 4.79 Å². The number of aromatic carboxylic acids is 1. The number of carboxylic acid groups (broad SMARTS) is 1. The predicted molar refractivity (Wildman–Crippen MR) is 86.3 cm³/mol. The smallest absolute Gasteiger partial charge is 0.339 e. The highest BCUT2D eigenvalue weighted by Gasteiger charge is 2.22. The molecule has 0 atom stereocenters. The van der Waals surface area contributed by atoms with Gasteiger partial charge in [0.1, 0.15) is 18.8 Å². The minimum atomic E-state index is -1.02. The average Bonchev–Trinajstić information content (AvgIpc) is 2.94. The minimum Gasteiger partial charge on any atom is -0.486 e. The Balaban J connectivity index is 1.89. The van der Waals surface area contributed by atoms with Crippen molar-refractivity contribution in [1.29, 1.82) is 0 Å². The molecule has 0 fully saturated rings. The van der Waals surface area contributed by atoms with Crippen LogP contribution in [-0.2, 0) is 7.05 Å². The van der Waals surface area contributed by atoms with Gasteiger partial charge in [-0.2, -0.15) is 0 Å². The molecule has 0 bridgehead atoms. The standard InChI is InChI=1S/C18H15NO4/c1-19-5-4-12-8-11(2-3-15(12)19)13-9-14(18(20)21)17-16(10-13)22-6-7-23-17/h2-5,8-10H,6-7H2,1H3,(H,20,21). The summed E-state index contributed by atoms with van der Waals surface area (Å²) in [6.07, 6.45) is 2.00. The molecule has 23 heavy (non-hydrogen) atoms. The Morgan fingerprint density at radius 1 is 1.09 bits per heavy atom. The second-order valence-electron chi connectivity index (χ2n) is 5.55. The molecule has 1 N–H and O–H groups in total. The summed E-state index contributed by atoms with van der Waals surface area (Å²) in [6, 6.07) is 11.6. The molecule has 0 saturated carbocycles. The number of rotatable bonds is 2. The molecule has 116 valence electrons. The van der Waals surface area contributed by atoms with Gasteiger partial charge in [0.25, 0.3) is 0 Å². The van der Waals surface area contributed by atoms with Gasteiger partial charge in [0, 0.05) is 24.1 Å². The molecule has 0 unspecified atom stereocenters. The minimum absolute atomic E-state index is 0.130. The lowest BCUT2D eigenvalue weighted by molar-refractivity contribution is 0.0686. The molecule has 0 amide bonds. The quantitative estimate of drug-likeness (QED) is 0.789. The predicted octanol–water partition coefficient (Wildman–Crippen LogP) is 3.31. The van der Waals surface area contributed by atoms with Gasteiger partial charge in [0.15, 0.2) is 11.5 Å². The highest BCUT2D eigenvalue weighted by Crippen LogP contribution is 2.39. The van der Waals surface area contributed by atoms with E-state index in [4.69, 9.17) is 9.47 Å². The van der Waals surface area contributed by atoms with Crippen LogP contribution in [0.3, 0.4) is 0 Å². The third-order valence-corrected chi connectivity index (χ3v) is 4.09. The van der Waals surface area contributed by atoms with E-state index in [-0.39, 0.29) is 5.56 Å². The van der Waals surface area contributed by atoms with Gasteiger partial charge in [-0.15, -0.1) is 0 Å². The fraction of sp³-hybridized carbons (Fsp3) is 0.167. The van der Waals surface area contributed by atoms with Crippen LogP contribution >= 0.6 is 0 Å². The first-order valence-corrected chi connectivity index (χ1v) is 7.36. The van der Waals surface area contributed by atoms with Crippen molar-refractivity contribution in [3.63, 3.8) is 0 Å². The number of carbonyl (C=O) groups is 1. The van der Waals surface area contributed by atoms with E-state index in [0.29, 0.717) is 24.7 Å². The van der Waals surface area contributed by atoms with Gasteiger partial charge in [-0.3, -0.25) is 0 Å². The van der Waals surface area contributed by atoms with Crippen molar-refractivity contribution < 1.29 is 19.4 Å². The second kappa shape index (κ2) is 5.05. The first kappa shape index (κ1) is 13.7. The van der Waals surface area contributed by atoms with Crippen LogP contribution in [0.4, 0.5) is 0 Å². The van der Waals surface area contributed by atoms with Crippen molar-refractivity contribution in [3.8, 4) is 22.6 Å². The largest absolute Gasteiger partial charge is 0.486 e. The molecular weight excluding hydrogens is 294 g/mol. The van der Waals surface area contributed by atoms with Crippen molar-refractivity contribution in [2.75, 3.05) is 13.2 Å². The summed E-state index contributed by atoms with van der Waals surface area (Å²) >= 11 is 0. The van der Waals surface area contributed by atoms with Crippen molar-refractivity contribution in [2.45, 2.75) is 0 Å². The Labute approximate surface area is 132 Å².